The molecule has 1 aliphatic rings. The minimum atomic E-state index is -0.0107. The van der Waals surface area contributed by atoms with Gasteiger partial charge in [0.25, 0.3) is 0 Å². The van der Waals surface area contributed by atoms with Gasteiger partial charge in [-0.05, 0) is 12.1 Å². The Labute approximate surface area is 95.2 Å². The van der Waals surface area contributed by atoms with E-state index in [1.165, 1.54) is 0 Å². The van der Waals surface area contributed by atoms with Gasteiger partial charge in [0, 0.05) is 19.7 Å². The summed E-state index contributed by atoms with van der Waals surface area (Å²) in [4.78, 5) is 13.8. The van der Waals surface area contributed by atoms with E-state index in [0.717, 1.165) is 17.1 Å². The standard InChI is InChI=1S/C12H16N2O2/c1-8-7-14(2)11-6-9(16-3)4-5-10(11)13-12(8)15/h4-6,8H,7H2,1-3H3,(H,13,15). The van der Waals surface area contributed by atoms with Gasteiger partial charge in [-0.3, -0.25) is 4.79 Å². The molecule has 1 aromatic carbocycles. The van der Waals surface area contributed by atoms with E-state index in [2.05, 4.69) is 10.2 Å². The van der Waals surface area contributed by atoms with E-state index in [-0.39, 0.29) is 11.8 Å². The third kappa shape index (κ3) is 1.83. The summed E-state index contributed by atoms with van der Waals surface area (Å²) < 4.78 is 5.18. The van der Waals surface area contributed by atoms with Crippen molar-refractivity contribution in [3.05, 3.63) is 18.2 Å². The first-order chi connectivity index (χ1) is 7.61. The lowest BCUT2D eigenvalue weighted by atomic mass is 10.1. The Morgan fingerprint density at radius 1 is 1.50 bits per heavy atom. The quantitative estimate of drug-likeness (QED) is 0.783. The summed E-state index contributed by atoms with van der Waals surface area (Å²) in [5.74, 6) is 0.855. The van der Waals surface area contributed by atoms with Gasteiger partial charge in [0.05, 0.1) is 24.4 Å². The van der Waals surface area contributed by atoms with Crippen molar-refractivity contribution < 1.29 is 9.53 Å². The third-order valence-electron chi connectivity index (χ3n) is 2.87. The van der Waals surface area contributed by atoms with E-state index in [4.69, 9.17) is 4.74 Å². The number of hydrogen-bond acceptors (Lipinski definition) is 3. The van der Waals surface area contributed by atoms with Crippen molar-refractivity contribution in [3.63, 3.8) is 0 Å². The van der Waals surface area contributed by atoms with E-state index in [1.807, 2.05) is 32.2 Å². The fourth-order valence-corrected chi connectivity index (χ4v) is 1.91. The molecule has 0 saturated heterocycles. The van der Waals surface area contributed by atoms with Crippen LogP contribution in [-0.4, -0.2) is 26.6 Å². The second-order valence-corrected chi connectivity index (χ2v) is 4.15. The molecular formula is C12H16N2O2. The largest absolute Gasteiger partial charge is 0.497 e. The van der Waals surface area contributed by atoms with Gasteiger partial charge < -0.3 is 15.0 Å². The fraction of sp³-hybridized carbons (Fsp3) is 0.417. The Morgan fingerprint density at radius 3 is 2.94 bits per heavy atom. The van der Waals surface area contributed by atoms with Crippen LogP contribution in [-0.2, 0) is 4.79 Å². The van der Waals surface area contributed by atoms with Crippen LogP contribution < -0.4 is 15.0 Å². The number of amides is 1. The molecule has 86 valence electrons. The van der Waals surface area contributed by atoms with Crippen LogP contribution in [0.1, 0.15) is 6.92 Å². The summed E-state index contributed by atoms with van der Waals surface area (Å²) in [5.41, 5.74) is 1.84. The zero-order chi connectivity index (χ0) is 11.7. The average molecular weight is 220 g/mol. The Kier molecular flexibility index (Phi) is 2.73. The van der Waals surface area contributed by atoms with Crippen molar-refractivity contribution in [2.24, 2.45) is 5.92 Å². The maximum Gasteiger partial charge on any atom is 0.229 e. The summed E-state index contributed by atoms with van der Waals surface area (Å²) in [5, 5.41) is 2.92. The first kappa shape index (κ1) is 10.8. The molecule has 0 bridgehead atoms. The highest BCUT2D eigenvalue weighted by molar-refractivity contribution is 5.97. The van der Waals surface area contributed by atoms with Crippen molar-refractivity contribution in [1.82, 2.24) is 0 Å². The number of carbonyl (C=O) groups excluding carboxylic acids is 1. The average Bonchev–Trinajstić information content (AvgIpc) is 2.38. The van der Waals surface area contributed by atoms with E-state index in [0.29, 0.717) is 6.54 Å². The molecule has 1 N–H and O–H groups in total. The predicted molar refractivity (Wildman–Crippen MR) is 64.1 cm³/mol. The number of fused-ring (bicyclic) bond motifs is 1. The number of rotatable bonds is 1. The fourth-order valence-electron chi connectivity index (χ4n) is 1.91. The first-order valence-corrected chi connectivity index (χ1v) is 5.32. The summed E-state index contributed by atoms with van der Waals surface area (Å²) in [7, 11) is 3.62. The van der Waals surface area contributed by atoms with E-state index < -0.39 is 0 Å². The molecule has 2 rings (SSSR count). The monoisotopic (exact) mass is 220 g/mol. The molecule has 1 aromatic rings. The zero-order valence-corrected chi connectivity index (χ0v) is 9.78. The topological polar surface area (TPSA) is 41.6 Å². The van der Waals surface area contributed by atoms with Crippen LogP contribution in [0.15, 0.2) is 18.2 Å². The van der Waals surface area contributed by atoms with Crippen molar-refractivity contribution >= 4 is 17.3 Å². The molecule has 0 aliphatic carbocycles. The number of carbonyl (C=O) groups is 1. The van der Waals surface area contributed by atoms with Gasteiger partial charge in [-0.15, -0.1) is 0 Å². The Balaban J connectivity index is 2.43. The molecular weight excluding hydrogens is 204 g/mol. The van der Waals surface area contributed by atoms with Crippen LogP contribution in [0.5, 0.6) is 5.75 Å². The highest BCUT2D eigenvalue weighted by atomic mass is 16.5. The smallest absolute Gasteiger partial charge is 0.229 e. The van der Waals surface area contributed by atoms with Crippen LogP contribution >= 0.6 is 0 Å². The highest BCUT2D eigenvalue weighted by Gasteiger charge is 2.22. The lowest BCUT2D eigenvalue weighted by molar-refractivity contribution is -0.119. The minimum Gasteiger partial charge on any atom is -0.497 e. The number of benzene rings is 1. The summed E-state index contributed by atoms with van der Waals surface area (Å²) in [6.45, 7) is 2.64. The Morgan fingerprint density at radius 2 is 2.25 bits per heavy atom. The highest BCUT2D eigenvalue weighted by Crippen LogP contribution is 2.32. The van der Waals surface area contributed by atoms with Crippen molar-refractivity contribution in [3.8, 4) is 5.75 Å². The molecule has 4 heteroatoms. The number of anilines is 2. The number of methoxy groups -OCH3 is 1. The minimum absolute atomic E-state index is 0.0107. The lowest BCUT2D eigenvalue weighted by Gasteiger charge is -2.20. The molecule has 1 atom stereocenters. The molecule has 0 aromatic heterocycles. The number of ether oxygens (including phenoxy) is 1. The molecule has 1 aliphatic heterocycles. The van der Waals surface area contributed by atoms with Crippen LogP contribution in [0.4, 0.5) is 11.4 Å². The molecule has 4 nitrogen and oxygen atoms in total. The third-order valence-corrected chi connectivity index (χ3v) is 2.87. The predicted octanol–water partition coefficient (Wildman–Crippen LogP) is 1.72. The van der Waals surface area contributed by atoms with Crippen LogP contribution in [0.2, 0.25) is 0 Å². The molecule has 0 radical (unpaired) electrons. The zero-order valence-electron chi connectivity index (χ0n) is 9.78. The molecule has 0 spiro atoms. The van der Waals surface area contributed by atoms with Crippen LogP contribution in [0.3, 0.4) is 0 Å². The van der Waals surface area contributed by atoms with E-state index >= 15 is 0 Å². The normalized spacial score (nSPS) is 19.8. The summed E-state index contributed by atoms with van der Waals surface area (Å²) in [6, 6.07) is 5.66. The summed E-state index contributed by atoms with van der Waals surface area (Å²) >= 11 is 0. The van der Waals surface area contributed by atoms with E-state index in [9.17, 15) is 4.79 Å². The van der Waals surface area contributed by atoms with Crippen molar-refractivity contribution in [2.45, 2.75) is 6.92 Å². The van der Waals surface area contributed by atoms with Crippen LogP contribution in [0.25, 0.3) is 0 Å². The first-order valence-electron chi connectivity index (χ1n) is 5.32. The number of nitrogens with zero attached hydrogens (tertiary/aromatic N) is 1. The SMILES string of the molecule is COc1ccc2c(c1)N(C)CC(C)C(=O)N2. The molecule has 1 amide bonds. The Hall–Kier alpha value is -1.71. The van der Waals surface area contributed by atoms with Crippen molar-refractivity contribution in [1.29, 1.82) is 0 Å². The molecule has 0 fully saturated rings. The van der Waals surface area contributed by atoms with Gasteiger partial charge in [0.15, 0.2) is 0 Å². The lowest BCUT2D eigenvalue weighted by Crippen LogP contribution is -2.27. The summed E-state index contributed by atoms with van der Waals surface area (Å²) in [6.07, 6.45) is 0. The van der Waals surface area contributed by atoms with E-state index in [1.54, 1.807) is 7.11 Å². The van der Waals surface area contributed by atoms with Crippen molar-refractivity contribution in [2.75, 3.05) is 30.9 Å². The Bertz CT molecular complexity index is 417. The van der Waals surface area contributed by atoms with Gasteiger partial charge in [0.1, 0.15) is 5.75 Å². The van der Waals surface area contributed by atoms with Gasteiger partial charge in [-0.1, -0.05) is 6.92 Å². The molecule has 0 saturated carbocycles. The van der Waals surface area contributed by atoms with Gasteiger partial charge in [-0.2, -0.15) is 0 Å². The molecule has 1 unspecified atom stereocenters. The second-order valence-electron chi connectivity index (χ2n) is 4.15. The van der Waals surface area contributed by atoms with Gasteiger partial charge in [-0.25, -0.2) is 0 Å². The molecule has 16 heavy (non-hydrogen) atoms. The molecule has 1 heterocycles. The number of hydrogen-bond donors (Lipinski definition) is 1. The van der Waals surface area contributed by atoms with Gasteiger partial charge >= 0.3 is 0 Å². The van der Waals surface area contributed by atoms with Crippen LogP contribution in [0, 0.1) is 5.92 Å². The number of nitrogens with one attached hydrogen (secondary N) is 1. The maximum absolute atomic E-state index is 11.7. The maximum atomic E-state index is 11.7. The van der Waals surface area contributed by atoms with Gasteiger partial charge in [0.2, 0.25) is 5.91 Å². The second kappa shape index (κ2) is 4.04.